The third kappa shape index (κ3) is 5.07. The van der Waals surface area contributed by atoms with Crippen molar-refractivity contribution in [3.63, 3.8) is 0 Å². The van der Waals surface area contributed by atoms with Crippen LogP contribution in [0.3, 0.4) is 0 Å². The molecule has 0 radical (unpaired) electrons. The van der Waals surface area contributed by atoms with Crippen LogP contribution in [0.1, 0.15) is 18.1 Å². The quantitative estimate of drug-likeness (QED) is 0.367. The van der Waals surface area contributed by atoms with Crippen molar-refractivity contribution in [1.82, 2.24) is 19.4 Å². The molecule has 1 saturated heterocycles. The summed E-state index contributed by atoms with van der Waals surface area (Å²) in [7, 11) is 0. The lowest BCUT2D eigenvalue weighted by Gasteiger charge is -2.38. The van der Waals surface area contributed by atoms with E-state index in [9.17, 15) is 23.3 Å². The average Bonchev–Trinajstić information content (AvgIpc) is 3.35. The van der Waals surface area contributed by atoms with Gasteiger partial charge < -0.3 is 14.9 Å². The van der Waals surface area contributed by atoms with Crippen molar-refractivity contribution < 1.29 is 22.8 Å². The number of imidazole rings is 1. The van der Waals surface area contributed by atoms with Crippen LogP contribution in [0.15, 0.2) is 54.7 Å². The first-order valence-electron chi connectivity index (χ1n) is 11.7. The molecular weight excluding hydrogens is 475 g/mol. The summed E-state index contributed by atoms with van der Waals surface area (Å²) in [4.78, 5) is 18.7. The molecule has 0 spiro atoms. The first kappa shape index (κ1) is 24.3. The number of rotatable bonds is 6. The normalized spacial score (nSPS) is 20.8. The molecule has 0 unspecified atom stereocenters. The number of nitro groups is 1. The maximum atomic E-state index is 13.8. The van der Waals surface area contributed by atoms with Gasteiger partial charge in [0.05, 0.1) is 12.1 Å². The van der Waals surface area contributed by atoms with Crippen LogP contribution in [-0.2, 0) is 19.3 Å². The summed E-state index contributed by atoms with van der Waals surface area (Å²) in [5.41, 5.74) is 0.201. The van der Waals surface area contributed by atoms with Gasteiger partial charge in [0.15, 0.2) is 0 Å². The van der Waals surface area contributed by atoms with Gasteiger partial charge in [-0.05, 0) is 34.6 Å². The Morgan fingerprint density at radius 1 is 1.08 bits per heavy atom. The Hall–Kier alpha value is -3.44. The summed E-state index contributed by atoms with van der Waals surface area (Å²) in [6.07, 6.45) is -3.05. The molecule has 5 rings (SSSR count). The minimum Gasteiger partial charge on any atom is -0.436 e. The van der Waals surface area contributed by atoms with Crippen LogP contribution in [0, 0.1) is 10.1 Å². The molecule has 11 heteroatoms. The molecule has 190 valence electrons. The lowest BCUT2D eigenvalue weighted by molar-refractivity contribution is -0.389. The van der Waals surface area contributed by atoms with E-state index in [4.69, 9.17) is 4.74 Å². The third-order valence-electron chi connectivity index (χ3n) is 6.66. The van der Waals surface area contributed by atoms with Gasteiger partial charge in [0.25, 0.3) is 0 Å². The molecule has 2 aromatic carbocycles. The molecule has 2 aliphatic rings. The van der Waals surface area contributed by atoms with Crippen molar-refractivity contribution >= 4 is 5.82 Å². The molecule has 3 aromatic rings. The molecule has 3 heterocycles. The van der Waals surface area contributed by atoms with Crippen LogP contribution >= 0.6 is 0 Å². The molecule has 0 bridgehead atoms. The average molecular weight is 502 g/mol. The predicted molar refractivity (Wildman–Crippen MR) is 127 cm³/mol. The van der Waals surface area contributed by atoms with Crippen LogP contribution in [0.5, 0.6) is 6.01 Å². The fourth-order valence-electron chi connectivity index (χ4n) is 4.99. The SMILES string of the molecule is C[C@]1(CN2CCN(Cc3ccc(-c4ccccc4)c(C(F)(F)F)c3)CC2)Cn2cc([N+](=O)[O-])nc2O1. The Labute approximate surface area is 206 Å². The van der Waals surface area contributed by atoms with Gasteiger partial charge in [-0.2, -0.15) is 13.2 Å². The van der Waals surface area contributed by atoms with Gasteiger partial charge in [-0.3, -0.25) is 14.4 Å². The van der Waals surface area contributed by atoms with Gasteiger partial charge in [0, 0.05) is 44.3 Å². The number of benzene rings is 2. The number of piperazine rings is 1. The molecule has 0 amide bonds. The molecule has 1 aromatic heterocycles. The lowest BCUT2D eigenvalue weighted by atomic mass is 9.97. The van der Waals surface area contributed by atoms with Crippen LogP contribution in [0.25, 0.3) is 11.1 Å². The van der Waals surface area contributed by atoms with E-state index in [1.165, 1.54) is 12.3 Å². The van der Waals surface area contributed by atoms with E-state index < -0.39 is 22.3 Å². The molecular formula is C25H26F3N5O3. The summed E-state index contributed by atoms with van der Waals surface area (Å²) in [6.45, 7) is 6.41. The Morgan fingerprint density at radius 3 is 2.42 bits per heavy atom. The van der Waals surface area contributed by atoms with E-state index >= 15 is 0 Å². The first-order chi connectivity index (χ1) is 17.1. The predicted octanol–water partition coefficient (Wildman–Crippen LogP) is 4.45. The number of fused-ring (bicyclic) bond motifs is 1. The molecule has 36 heavy (non-hydrogen) atoms. The highest BCUT2D eigenvalue weighted by atomic mass is 19.4. The van der Waals surface area contributed by atoms with Gasteiger partial charge in [0.1, 0.15) is 11.8 Å². The summed E-state index contributed by atoms with van der Waals surface area (Å²) in [6, 6.07) is 13.5. The highest BCUT2D eigenvalue weighted by molar-refractivity contribution is 5.68. The maximum Gasteiger partial charge on any atom is 0.417 e. The van der Waals surface area contributed by atoms with Crippen molar-refractivity contribution in [2.45, 2.75) is 31.8 Å². The molecule has 0 saturated carbocycles. The number of nitrogens with zero attached hydrogens (tertiary/aromatic N) is 5. The zero-order valence-electron chi connectivity index (χ0n) is 19.7. The summed E-state index contributed by atoms with van der Waals surface area (Å²) in [5.74, 6) is -0.230. The van der Waals surface area contributed by atoms with E-state index in [0.29, 0.717) is 43.9 Å². The monoisotopic (exact) mass is 501 g/mol. The third-order valence-corrected chi connectivity index (χ3v) is 6.66. The van der Waals surface area contributed by atoms with E-state index in [-0.39, 0.29) is 17.4 Å². The maximum absolute atomic E-state index is 13.8. The molecule has 8 nitrogen and oxygen atoms in total. The van der Waals surface area contributed by atoms with E-state index in [2.05, 4.69) is 14.8 Å². The Balaban J connectivity index is 1.19. The van der Waals surface area contributed by atoms with Crippen molar-refractivity contribution in [2.24, 2.45) is 0 Å². The molecule has 1 fully saturated rings. The minimum absolute atomic E-state index is 0.187. The van der Waals surface area contributed by atoms with Gasteiger partial charge in [0.2, 0.25) is 0 Å². The number of alkyl halides is 3. The number of halogens is 3. The van der Waals surface area contributed by atoms with Crippen molar-refractivity contribution in [3.8, 4) is 17.1 Å². The fraction of sp³-hybridized carbons (Fsp3) is 0.400. The highest BCUT2D eigenvalue weighted by Gasteiger charge is 2.42. The Kier molecular flexibility index (Phi) is 6.21. The van der Waals surface area contributed by atoms with Gasteiger partial charge in [-0.1, -0.05) is 42.5 Å². The Bertz CT molecular complexity index is 1230. The van der Waals surface area contributed by atoms with Gasteiger partial charge >= 0.3 is 18.0 Å². The first-order valence-corrected chi connectivity index (χ1v) is 11.7. The number of hydrogen-bond donors (Lipinski definition) is 0. The topological polar surface area (TPSA) is 76.7 Å². The van der Waals surface area contributed by atoms with Crippen molar-refractivity contribution in [1.29, 1.82) is 0 Å². The Morgan fingerprint density at radius 2 is 1.78 bits per heavy atom. The van der Waals surface area contributed by atoms with Crippen LogP contribution in [-0.4, -0.2) is 62.6 Å². The van der Waals surface area contributed by atoms with E-state index in [0.717, 1.165) is 13.1 Å². The van der Waals surface area contributed by atoms with Crippen LogP contribution in [0.4, 0.5) is 19.0 Å². The summed E-state index contributed by atoms with van der Waals surface area (Å²) >= 11 is 0. The van der Waals surface area contributed by atoms with Crippen molar-refractivity contribution in [2.75, 3.05) is 32.7 Å². The second-order valence-electron chi connectivity index (χ2n) is 9.61. The highest BCUT2D eigenvalue weighted by Crippen LogP contribution is 2.38. The summed E-state index contributed by atoms with van der Waals surface area (Å²) < 4.78 is 49.1. The second-order valence-corrected chi connectivity index (χ2v) is 9.61. The van der Waals surface area contributed by atoms with Gasteiger partial charge in [-0.15, -0.1) is 0 Å². The van der Waals surface area contributed by atoms with Gasteiger partial charge in [-0.25, -0.2) is 0 Å². The zero-order chi connectivity index (χ0) is 25.5. The van der Waals surface area contributed by atoms with Crippen LogP contribution < -0.4 is 4.74 Å². The van der Waals surface area contributed by atoms with Crippen molar-refractivity contribution in [3.05, 3.63) is 76.0 Å². The second kappa shape index (κ2) is 9.21. The lowest BCUT2D eigenvalue weighted by Crippen LogP contribution is -2.52. The standard InChI is InChI=1S/C25H26F3N5O3/c1-24(17-32-15-22(33(34)35)29-23(32)36-24)16-31-11-9-30(10-12-31)14-18-7-8-20(19-5-3-2-4-6-19)21(13-18)25(26,27)28/h2-8,13,15H,9-12,14,16-17H2,1H3/t24-/m0/s1. The number of hydrogen-bond acceptors (Lipinski definition) is 6. The number of aromatic nitrogens is 2. The molecule has 0 N–H and O–H groups in total. The zero-order valence-corrected chi connectivity index (χ0v) is 19.7. The fourth-order valence-corrected chi connectivity index (χ4v) is 4.99. The summed E-state index contributed by atoms with van der Waals surface area (Å²) in [5, 5.41) is 10.9. The largest absolute Gasteiger partial charge is 0.436 e. The van der Waals surface area contributed by atoms with E-state index in [1.807, 2.05) is 6.92 Å². The van der Waals surface area contributed by atoms with E-state index in [1.54, 1.807) is 47.0 Å². The number of ether oxygens (including phenoxy) is 1. The molecule has 1 atom stereocenters. The molecule has 0 aliphatic carbocycles. The van der Waals surface area contributed by atoms with Crippen LogP contribution in [0.2, 0.25) is 0 Å². The minimum atomic E-state index is -4.44. The smallest absolute Gasteiger partial charge is 0.417 e. The molecule has 2 aliphatic heterocycles.